The number of fused-ring (bicyclic) bond motifs is 2. The van der Waals surface area contributed by atoms with Crippen LogP contribution in [0.3, 0.4) is 0 Å². The Hall–Kier alpha value is -3.81. The number of amides is 2. The van der Waals surface area contributed by atoms with Crippen molar-refractivity contribution in [3.63, 3.8) is 0 Å². The molecule has 2 unspecified atom stereocenters. The second-order valence-electron chi connectivity index (χ2n) is 10.8. The molecule has 0 saturated carbocycles. The number of rotatable bonds is 8. The summed E-state index contributed by atoms with van der Waals surface area (Å²) in [5.41, 5.74) is -0.490. The van der Waals surface area contributed by atoms with Gasteiger partial charge in [0.05, 0.1) is 29.4 Å². The highest BCUT2D eigenvalue weighted by Gasteiger charge is 2.38. The predicted octanol–water partition coefficient (Wildman–Crippen LogP) is 5.51. The normalized spacial score (nSPS) is 16.8. The minimum atomic E-state index is -5.02. The smallest absolute Gasteiger partial charge is 0.416 e. The van der Waals surface area contributed by atoms with Crippen molar-refractivity contribution in [3.05, 3.63) is 99.1 Å². The Morgan fingerprint density at radius 2 is 1.67 bits per heavy atom. The minimum absolute atomic E-state index is 0. The lowest BCUT2D eigenvalue weighted by Gasteiger charge is -2.30. The van der Waals surface area contributed by atoms with Gasteiger partial charge in [0, 0.05) is 37.8 Å². The Morgan fingerprint density at radius 3 is 2.29 bits per heavy atom. The van der Waals surface area contributed by atoms with Gasteiger partial charge >= 0.3 is 12.4 Å². The van der Waals surface area contributed by atoms with E-state index >= 15 is 0 Å². The van der Waals surface area contributed by atoms with Gasteiger partial charge in [0.25, 0.3) is 11.8 Å². The summed E-state index contributed by atoms with van der Waals surface area (Å²) in [7, 11) is 0. The van der Waals surface area contributed by atoms with E-state index in [4.69, 9.17) is 4.74 Å². The van der Waals surface area contributed by atoms with Crippen molar-refractivity contribution in [2.75, 3.05) is 13.2 Å². The number of hydrogen-bond donors (Lipinski definition) is 3. The van der Waals surface area contributed by atoms with Gasteiger partial charge in [-0.05, 0) is 65.9 Å². The molecule has 242 valence electrons. The second kappa shape index (κ2) is 13.3. The molecule has 0 fully saturated rings. The van der Waals surface area contributed by atoms with E-state index in [0.717, 1.165) is 16.0 Å². The molecule has 3 N–H and O–H groups in total. The van der Waals surface area contributed by atoms with Crippen LogP contribution in [0.15, 0.2) is 54.6 Å². The first-order valence-corrected chi connectivity index (χ1v) is 13.9. The molecule has 0 bridgehead atoms. The zero-order chi connectivity index (χ0) is 31.8. The maximum Gasteiger partial charge on any atom is 0.416 e. The fourth-order valence-electron chi connectivity index (χ4n) is 5.50. The first-order chi connectivity index (χ1) is 20.7. The van der Waals surface area contributed by atoms with Crippen molar-refractivity contribution < 1.29 is 45.8 Å². The van der Waals surface area contributed by atoms with Crippen molar-refractivity contribution >= 4 is 24.2 Å². The summed E-state index contributed by atoms with van der Waals surface area (Å²) in [5, 5.41) is 16.7. The molecule has 2 heterocycles. The van der Waals surface area contributed by atoms with Crippen molar-refractivity contribution in [3.8, 4) is 5.75 Å². The van der Waals surface area contributed by atoms with E-state index in [1.807, 2.05) is 24.3 Å². The summed E-state index contributed by atoms with van der Waals surface area (Å²) < 4.78 is 85.6. The highest BCUT2D eigenvalue weighted by molar-refractivity contribution is 6.03. The molecular weight excluding hydrogens is 628 g/mol. The van der Waals surface area contributed by atoms with Crippen LogP contribution in [-0.2, 0) is 38.4 Å². The largest absolute Gasteiger partial charge is 0.493 e. The molecule has 0 radical (unpaired) electrons. The first-order valence-electron chi connectivity index (χ1n) is 13.9. The fourth-order valence-corrected chi connectivity index (χ4v) is 5.50. The van der Waals surface area contributed by atoms with Crippen LogP contribution >= 0.6 is 12.4 Å². The molecule has 0 saturated heterocycles. The lowest BCUT2D eigenvalue weighted by molar-refractivity contribution is -0.143. The van der Waals surface area contributed by atoms with E-state index in [1.165, 1.54) is 12.1 Å². The molecule has 2 atom stereocenters. The van der Waals surface area contributed by atoms with Gasteiger partial charge in [-0.1, -0.05) is 24.3 Å². The summed E-state index contributed by atoms with van der Waals surface area (Å²) >= 11 is 0. The highest BCUT2D eigenvalue weighted by atomic mass is 35.5. The lowest BCUT2D eigenvalue weighted by atomic mass is 9.93. The van der Waals surface area contributed by atoms with Crippen molar-refractivity contribution in [1.29, 1.82) is 0 Å². The molecule has 2 amide bonds. The van der Waals surface area contributed by atoms with Crippen LogP contribution in [0.1, 0.15) is 61.0 Å². The predicted molar refractivity (Wildman–Crippen MR) is 154 cm³/mol. The van der Waals surface area contributed by atoms with Crippen molar-refractivity contribution in [1.82, 2.24) is 15.5 Å². The molecule has 0 aliphatic carbocycles. The van der Waals surface area contributed by atoms with E-state index in [1.54, 1.807) is 6.92 Å². The van der Waals surface area contributed by atoms with Gasteiger partial charge in [-0.3, -0.25) is 9.59 Å². The minimum Gasteiger partial charge on any atom is -0.493 e. The van der Waals surface area contributed by atoms with Crippen LogP contribution in [0.4, 0.5) is 26.3 Å². The van der Waals surface area contributed by atoms with Gasteiger partial charge in [0.1, 0.15) is 5.75 Å². The van der Waals surface area contributed by atoms with Gasteiger partial charge in [-0.15, -0.1) is 12.4 Å². The Balaban J connectivity index is 0.00000461. The molecule has 2 aliphatic rings. The average Bonchev–Trinajstić information content (AvgIpc) is 3.27. The molecule has 45 heavy (non-hydrogen) atoms. The quantitative estimate of drug-likeness (QED) is 0.278. The third kappa shape index (κ3) is 7.54. The zero-order valence-electron chi connectivity index (χ0n) is 23.9. The average molecular weight is 658 g/mol. The summed E-state index contributed by atoms with van der Waals surface area (Å²) in [5.74, 6) is -1.13. The molecule has 7 nitrogen and oxygen atoms in total. The van der Waals surface area contributed by atoms with Crippen LogP contribution in [0.25, 0.3) is 0 Å². The van der Waals surface area contributed by atoms with Gasteiger partial charge in [-0.2, -0.15) is 26.3 Å². The number of nitrogens with zero attached hydrogens (tertiary/aromatic N) is 1. The highest BCUT2D eigenvalue weighted by Crippen LogP contribution is 2.38. The number of alkyl halides is 6. The van der Waals surface area contributed by atoms with Crippen molar-refractivity contribution in [2.24, 2.45) is 0 Å². The molecule has 2 aliphatic heterocycles. The van der Waals surface area contributed by atoms with Crippen LogP contribution < -0.4 is 15.4 Å². The molecule has 3 aromatic carbocycles. The molecule has 0 spiro atoms. The van der Waals surface area contributed by atoms with E-state index in [-0.39, 0.29) is 66.7 Å². The molecule has 0 aromatic heterocycles. The fraction of sp³-hybridized carbons (Fsp3) is 0.355. The standard InChI is InChI=1S/C31H29F6N3O4.ClH/c1-2-44-27-12-23-20(9-24(27)28(42)39-14-26(41)25-10-18-5-3-4-6-19(18)13-38-25)16-40(29(23)43)15-17-7-21(30(32,33)34)11-22(8-17)31(35,36)37;/h3-9,11-12,25-26,38,41H,2,10,13-16H2,1H3,(H,39,42);1H. The molecule has 14 heteroatoms. The van der Waals surface area contributed by atoms with Crippen LogP contribution in [0.2, 0.25) is 0 Å². The molecule has 3 aromatic rings. The van der Waals surface area contributed by atoms with E-state index in [0.29, 0.717) is 30.7 Å². The number of benzene rings is 3. The zero-order valence-corrected chi connectivity index (χ0v) is 24.7. The number of ether oxygens (including phenoxy) is 1. The van der Waals surface area contributed by atoms with Crippen LogP contribution in [-0.4, -0.2) is 47.1 Å². The molecular formula is C31H30ClF6N3O4. The third-order valence-corrected chi connectivity index (χ3v) is 7.70. The number of nitrogens with one attached hydrogen (secondary N) is 2. The number of hydrogen-bond acceptors (Lipinski definition) is 5. The number of aliphatic hydroxyl groups excluding tert-OH is 1. The number of halogens is 7. The maximum atomic E-state index is 13.3. The summed E-state index contributed by atoms with van der Waals surface area (Å²) in [6.07, 6.45) is -10.4. The first kappa shape index (κ1) is 34.1. The summed E-state index contributed by atoms with van der Waals surface area (Å²) in [6.45, 7) is 1.65. The Labute approximate surface area is 261 Å². The Kier molecular flexibility index (Phi) is 10.1. The van der Waals surface area contributed by atoms with Crippen molar-refractivity contribution in [2.45, 2.75) is 57.5 Å². The summed E-state index contributed by atoms with van der Waals surface area (Å²) in [6, 6.07) is 11.5. The molecule has 5 rings (SSSR count). The second-order valence-corrected chi connectivity index (χ2v) is 10.8. The number of carbonyl (C=O) groups is 2. The Morgan fingerprint density at radius 1 is 1.02 bits per heavy atom. The Bertz CT molecular complexity index is 1550. The van der Waals surface area contributed by atoms with Crippen LogP contribution in [0, 0.1) is 0 Å². The SMILES string of the molecule is CCOc1cc2c(cc1C(=O)NCC(O)C1Cc3ccccc3CN1)CN(Cc1cc(C(F)(F)F)cc(C(F)(F)F)c1)C2=O.Cl. The van der Waals surface area contributed by atoms with Gasteiger partial charge in [-0.25, -0.2) is 0 Å². The maximum absolute atomic E-state index is 13.3. The number of carbonyl (C=O) groups excluding carboxylic acids is 2. The lowest BCUT2D eigenvalue weighted by Crippen LogP contribution is -2.49. The number of aliphatic hydroxyl groups is 1. The van der Waals surface area contributed by atoms with E-state index in [2.05, 4.69) is 10.6 Å². The van der Waals surface area contributed by atoms with Gasteiger partial charge < -0.3 is 25.4 Å². The monoisotopic (exact) mass is 657 g/mol. The van der Waals surface area contributed by atoms with Gasteiger partial charge in [0.15, 0.2) is 0 Å². The van der Waals surface area contributed by atoms with E-state index < -0.39 is 47.9 Å². The third-order valence-electron chi connectivity index (χ3n) is 7.70. The topological polar surface area (TPSA) is 90.9 Å². The summed E-state index contributed by atoms with van der Waals surface area (Å²) in [4.78, 5) is 27.5. The van der Waals surface area contributed by atoms with Crippen LogP contribution in [0.5, 0.6) is 5.75 Å². The van der Waals surface area contributed by atoms with Gasteiger partial charge in [0.2, 0.25) is 0 Å². The van der Waals surface area contributed by atoms with E-state index in [9.17, 15) is 41.0 Å².